The fraction of sp³-hybridized carbons (Fsp3) is 0.130. The van der Waals surface area contributed by atoms with Crippen molar-refractivity contribution in [1.29, 1.82) is 0 Å². The van der Waals surface area contributed by atoms with E-state index in [1.165, 1.54) is 28.0 Å². The summed E-state index contributed by atoms with van der Waals surface area (Å²) in [7, 11) is 0. The van der Waals surface area contributed by atoms with Crippen LogP contribution in [0.5, 0.6) is 0 Å². The van der Waals surface area contributed by atoms with Crippen molar-refractivity contribution in [3.05, 3.63) is 92.2 Å². The molecule has 4 rings (SSSR count). The number of nitrogens with zero attached hydrogens (tertiary/aromatic N) is 2. The van der Waals surface area contributed by atoms with Crippen molar-refractivity contribution in [2.75, 3.05) is 0 Å². The highest BCUT2D eigenvalue weighted by Gasteiger charge is 2.16. The van der Waals surface area contributed by atoms with Gasteiger partial charge in [0.1, 0.15) is 12.4 Å². The van der Waals surface area contributed by atoms with Crippen LogP contribution in [0, 0.1) is 5.82 Å². The Bertz CT molecular complexity index is 1470. The maximum atomic E-state index is 13.1. The van der Waals surface area contributed by atoms with Crippen molar-refractivity contribution in [3.8, 4) is 10.4 Å². The molecule has 8 nitrogen and oxygen atoms in total. The standard InChI is InChI=1S/C23H19FN4O4S/c1-2-27-22(31)16-5-3-4-6-17(16)28(23(27)32)13-20(29)25-26-21(30)19-12-11-18(33-19)14-7-9-15(24)10-8-14/h3-12H,2,13H2,1H3,(H,25,29)(H,26,30). The van der Waals surface area contributed by atoms with Gasteiger partial charge in [0.2, 0.25) is 0 Å². The quantitative estimate of drug-likeness (QED) is 0.441. The summed E-state index contributed by atoms with van der Waals surface area (Å²) in [5, 5.41) is 0.322. The van der Waals surface area contributed by atoms with Gasteiger partial charge in [-0.1, -0.05) is 24.3 Å². The van der Waals surface area contributed by atoms with E-state index in [0.29, 0.717) is 15.8 Å². The highest BCUT2D eigenvalue weighted by Crippen LogP contribution is 2.28. The average molecular weight is 466 g/mol. The van der Waals surface area contributed by atoms with Crippen LogP contribution in [0.3, 0.4) is 0 Å². The van der Waals surface area contributed by atoms with Crippen LogP contribution >= 0.6 is 11.3 Å². The molecule has 0 fully saturated rings. The van der Waals surface area contributed by atoms with Crippen LogP contribution in [0.4, 0.5) is 4.39 Å². The zero-order chi connectivity index (χ0) is 23.5. The molecule has 2 aromatic heterocycles. The van der Waals surface area contributed by atoms with Crippen molar-refractivity contribution in [1.82, 2.24) is 20.0 Å². The second-order valence-corrected chi connectivity index (χ2v) is 8.19. The van der Waals surface area contributed by atoms with Gasteiger partial charge in [-0.2, -0.15) is 0 Å². The average Bonchev–Trinajstić information content (AvgIpc) is 3.31. The van der Waals surface area contributed by atoms with Gasteiger partial charge >= 0.3 is 5.69 Å². The minimum Gasteiger partial charge on any atom is -0.284 e. The lowest BCUT2D eigenvalue weighted by Crippen LogP contribution is -2.46. The third-order valence-electron chi connectivity index (χ3n) is 5.02. The molecule has 168 valence electrons. The Morgan fingerprint density at radius 1 is 0.939 bits per heavy atom. The molecule has 4 aromatic rings. The first kappa shape index (κ1) is 22.2. The fourth-order valence-corrected chi connectivity index (χ4v) is 4.31. The monoisotopic (exact) mass is 466 g/mol. The molecule has 10 heteroatoms. The SMILES string of the molecule is CCn1c(=O)c2ccccc2n(CC(=O)NNC(=O)c2ccc(-c3ccc(F)cc3)s2)c1=O. The van der Waals surface area contributed by atoms with E-state index in [2.05, 4.69) is 10.9 Å². The number of carbonyl (C=O) groups is 2. The van der Waals surface area contributed by atoms with Gasteiger partial charge in [-0.15, -0.1) is 11.3 Å². The number of aromatic nitrogens is 2. The number of carbonyl (C=O) groups excluding carboxylic acids is 2. The van der Waals surface area contributed by atoms with Crippen LogP contribution in [0.1, 0.15) is 16.6 Å². The minimum absolute atomic E-state index is 0.162. The van der Waals surface area contributed by atoms with Crippen molar-refractivity contribution in [3.63, 3.8) is 0 Å². The van der Waals surface area contributed by atoms with E-state index in [9.17, 15) is 23.6 Å². The number of benzene rings is 2. The van der Waals surface area contributed by atoms with Gasteiger partial charge in [0.05, 0.1) is 15.8 Å². The molecule has 0 atom stereocenters. The Morgan fingerprint density at radius 3 is 2.39 bits per heavy atom. The van der Waals surface area contributed by atoms with Gasteiger partial charge in [0.15, 0.2) is 0 Å². The van der Waals surface area contributed by atoms with Gasteiger partial charge in [0, 0.05) is 11.4 Å². The van der Waals surface area contributed by atoms with Crippen LogP contribution in [-0.2, 0) is 17.9 Å². The first-order valence-corrected chi connectivity index (χ1v) is 10.9. The number of hydrogen-bond acceptors (Lipinski definition) is 5. The molecule has 0 bridgehead atoms. The van der Waals surface area contributed by atoms with E-state index in [-0.39, 0.29) is 18.9 Å². The van der Waals surface area contributed by atoms with Gasteiger partial charge < -0.3 is 0 Å². The molecule has 0 aliphatic heterocycles. The maximum absolute atomic E-state index is 13.1. The number of nitrogens with one attached hydrogen (secondary N) is 2. The fourth-order valence-electron chi connectivity index (χ4n) is 3.40. The Morgan fingerprint density at radius 2 is 1.67 bits per heavy atom. The number of hydrazine groups is 1. The predicted octanol–water partition coefficient (Wildman–Crippen LogP) is 2.51. The molecule has 2 N–H and O–H groups in total. The van der Waals surface area contributed by atoms with E-state index < -0.39 is 23.1 Å². The number of amides is 2. The maximum Gasteiger partial charge on any atom is 0.331 e. The van der Waals surface area contributed by atoms with E-state index in [4.69, 9.17) is 0 Å². The third-order valence-corrected chi connectivity index (χ3v) is 6.16. The van der Waals surface area contributed by atoms with Crippen LogP contribution < -0.4 is 22.1 Å². The minimum atomic E-state index is -0.632. The molecule has 0 saturated carbocycles. The summed E-state index contributed by atoms with van der Waals surface area (Å²) in [5.74, 6) is -1.51. The molecular weight excluding hydrogens is 447 g/mol. The summed E-state index contributed by atoms with van der Waals surface area (Å²) < 4.78 is 15.3. The Kier molecular flexibility index (Phi) is 6.18. The second kappa shape index (κ2) is 9.21. The zero-order valence-electron chi connectivity index (χ0n) is 17.5. The normalized spacial score (nSPS) is 10.8. The third kappa shape index (κ3) is 4.46. The van der Waals surface area contributed by atoms with Crippen LogP contribution in [0.25, 0.3) is 21.3 Å². The number of fused-ring (bicyclic) bond motifs is 1. The molecule has 2 heterocycles. The Labute approximate surface area is 190 Å². The number of thiophene rings is 1. The second-order valence-electron chi connectivity index (χ2n) is 7.11. The number of rotatable bonds is 5. The molecule has 2 amide bonds. The predicted molar refractivity (Wildman–Crippen MR) is 123 cm³/mol. The number of hydrogen-bond donors (Lipinski definition) is 2. The summed E-state index contributed by atoms with van der Waals surface area (Å²) >= 11 is 1.19. The van der Waals surface area contributed by atoms with Crippen molar-refractivity contribution in [2.24, 2.45) is 0 Å². The Balaban J connectivity index is 1.48. The van der Waals surface area contributed by atoms with Crippen molar-refractivity contribution >= 4 is 34.1 Å². The molecule has 0 spiro atoms. The van der Waals surface area contributed by atoms with Crippen LogP contribution in [0.2, 0.25) is 0 Å². The largest absolute Gasteiger partial charge is 0.331 e. The van der Waals surface area contributed by atoms with Crippen molar-refractivity contribution < 1.29 is 14.0 Å². The molecular formula is C23H19FN4O4S. The number of para-hydroxylation sites is 1. The smallest absolute Gasteiger partial charge is 0.284 e. The van der Waals surface area contributed by atoms with Crippen LogP contribution in [0.15, 0.2) is 70.3 Å². The summed E-state index contributed by atoms with van der Waals surface area (Å²) in [6.07, 6.45) is 0. The number of halogens is 1. The molecule has 0 saturated heterocycles. The lowest BCUT2D eigenvalue weighted by molar-refractivity contribution is -0.122. The first-order chi connectivity index (χ1) is 15.9. The van der Waals surface area contributed by atoms with Crippen molar-refractivity contribution in [2.45, 2.75) is 20.0 Å². The molecule has 0 aliphatic rings. The lowest BCUT2D eigenvalue weighted by Gasteiger charge is -2.13. The van der Waals surface area contributed by atoms with Gasteiger partial charge in [-0.3, -0.25) is 34.4 Å². The summed E-state index contributed by atoms with van der Waals surface area (Å²) in [4.78, 5) is 51.2. The lowest BCUT2D eigenvalue weighted by atomic mass is 10.2. The first-order valence-electron chi connectivity index (χ1n) is 10.1. The molecule has 0 aliphatic carbocycles. The summed E-state index contributed by atoms with van der Waals surface area (Å²) in [6, 6.07) is 15.8. The van der Waals surface area contributed by atoms with Crippen LogP contribution in [-0.4, -0.2) is 20.9 Å². The van der Waals surface area contributed by atoms with Gasteiger partial charge in [0.25, 0.3) is 17.4 Å². The van der Waals surface area contributed by atoms with E-state index in [1.807, 2.05) is 0 Å². The summed E-state index contributed by atoms with van der Waals surface area (Å²) in [5.41, 5.74) is 4.70. The molecule has 2 aromatic carbocycles. The van der Waals surface area contributed by atoms with Gasteiger partial charge in [-0.05, 0) is 48.9 Å². The highest BCUT2D eigenvalue weighted by molar-refractivity contribution is 7.17. The molecule has 0 radical (unpaired) electrons. The van der Waals surface area contributed by atoms with Gasteiger partial charge in [-0.25, -0.2) is 9.18 Å². The van der Waals surface area contributed by atoms with E-state index in [1.54, 1.807) is 55.5 Å². The van der Waals surface area contributed by atoms with E-state index in [0.717, 1.165) is 15.0 Å². The zero-order valence-corrected chi connectivity index (χ0v) is 18.3. The van der Waals surface area contributed by atoms with E-state index >= 15 is 0 Å². The molecule has 33 heavy (non-hydrogen) atoms. The summed E-state index contributed by atoms with van der Waals surface area (Å²) in [6.45, 7) is 1.45. The highest BCUT2D eigenvalue weighted by atomic mass is 32.1. The molecule has 0 unspecified atom stereocenters. The Hall–Kier alpha value is -4.05. The topological polar surface area (TPSA) is 102 Å².